The Bertz CT molecular complexity index is 947. The molecule has 0 fully saturated rings. The van der Waals surface area contributed by atoms with E-state index in [0.717, 1.165) is 17.8 Å². The lowest BCUT2D eigenvalue weighted by atomic mass is 10.2. The van der Waals surface area contributed by atoms with Crippen LogP contribution >= 0.6 is 0 Å². The van der Waals surface area contributed by atoms with Crippen LogP contribution in [0.15, 0.2) is 60.8 Å². The number of hydrogen-bond acceptors (Lipinski definition) is 3. The van der Waals surface area contributed by atoms with Crippen LogP contribution in [-0.4, -0.2) is 17.4 Å². The van der Waals surface area contributed by atoms with Crippen molar-refractivity contribution in [2.75, 3.05) is 16.8 Å². The van der Waals surface area contributed by atoms with Gasteiger partial charge in [-0.25, -0.2) is 18.2 Å². The van der Waals surface area contributed by atoms with Crippen molar-refractivity contribution in [2.45, 2.75) is 6.92 Å². The first kappa shape index (κ1) is 18.4. The Balaban J connectivity index is 1.79. The lowest BCUT2D eigenvalue weighted by Crippen LogP contribution is -2.31. The molecule has 3 rings (SSSR count). The standard InChI is InChI=1S/C20H16F3N3O/c1-2-26(14-6-4-3-5-7-14)20(27)17-10-8-13(12-24-17)25-16-11-9-15(21)18(22)19(16)23/h3-12,25H,2H2,1H3. The van der Waals surface area contributed by atoms with Crippen LogP contribution in [0.2, 0.25) is 0 Å². The van der Waals surface area contributed by atoms with Crippen molar-refractivity contribution in [3.63, 3.8) is 0 Å². The molecule has 0 saturated heterocycles. The highest BCUT2D eigenvalue weighted by Crippen LogP contribution is 2.23. The number of rotatable bonds is 5. The molecular formula is C20H16F3N3O. The zero-order valence-corrected chi connectivity index (χ0v) is 14.4. The molecule has 2 aromatic carbocycles. The summed E-state index contributed by atoms with van der Waals surface area (Å²) in [6.45, 7) is 2.32. The van der Waals surface area contributed by atoms with Crippen LogP contribution in [0.5, 0.6) is 0 Å². The van der Waals surface area contributed by atoms with E-state index in [0.29, 0.717) is 12.2 Å². The molecule has 1 aromatic heterocycles. The Morgan fingerprint density at radius 1 is 1.00 bits per heavy atom. The highest BCUT2D eigenvalue weighted by molar-refractivity contribution is 6.04. The topological polar surface area (TPSA) is 45.2 Å². The molecule has 1 amide bonds. The summed E-state index contributed by atoms with van der Waals surface area (Å²) < 4.78 is 40.0. The van der Waals surface area contributed by atoms with E-state index in [1.807, 2.05) is 37.3 Å². The van der Waals surface area contributed by atoms with Crippen LogP contribution in [0.3, 0.4) is 0 Å². The van der Waals surface area contributed by atoms with E-state index in [1.54, 1.807) is 4.90 Å². The third kappa shape index (κ3) is 3.92. The number of aromatic nitrogens is 1. The van der Waals surface area contributed by atoms with E-state index in [2.05, 4.69) is 10.3 Å². The molecule has 1 heterocycles. The quantitative estimate of drug-likeness (QED) is 0.648. The normalized spacial score (nSPS) is 10.5. The maximum atomic E-state index is 13.7. The summed E-state index contributed by atoms with van der Waals surface area (Å²) in [6, 6.07) is 14.1. The van der Waals surface area contributed by atoms with Crippen LogP contribution < -0.4 is 10.2 Å². The Kier molecular flexibility index (Phi) is 5.40. The smallest absolute Gasteiger partial charge is 0.276 e. The fourth-order valence-electron chi connectivity index (χ4n) is 2.56. The number of para-hydroxylation sites is 1. The Hall–Kier alpha value is -3.35. The number of anilines is 3. The summed E-state index contributed by atoms with van der Waals surface area (Å²) in [6.07, 6.45) is 1.33. The van der Waals surface area contributed by atoms with Crippen molar-refractivity contribution < 1.29 is 18.0 Å². The molecule has 0 aliphatic carbocycles. The molecule has 0 radical (unpaired) electrons. The summed E-state index contributed by atoms with van der Waals surface area (Å²) in [4.78, 5) is 18.3. The molecule has 0 atom stereocenters. The van der Waals surface area contributed by atoms with E-state index in [9.17, 15) is 18.0 Å². The van der Waals surface area contributed by atoms with Crippen molar-refractivity contribution in [2.24, 2.45) is 0 Å². The zero-order chi connectivity index (χ0) is 19.4. The predicted octanol–water partition coefficient (Wildman–Crippen LogP) is 4.91. The first-order chi connectivity index (χ1) is 13.0. The molecule has 0 bridgehead atoms. The Labute approximate surface area is 154 Å². The summed E-state index contributed by atoms with van der Waals surface area (Å²) in [7, 11) is 0. The van der Waals surface area contributed by atoms with Gasteiger partial charge in [0.1, 0.15) is 5.69 Å². The summed E-state index contributed by atoms with van der Waals surface area (Å²) in [5.74, 6) is -4.43. The monoisotopic (exact) mass is 371 g/mol. The molecule has 0 unspecified atom stereocenters. The van der Waals surface area contributed by atoms with E-state index in [1.165, 1.54) is 18.3 Å². The summed E-state index contributed by atoms with van der Waals surface area (Å²) in [5.41, 5.74) is 1.06. The highest BCUT2D eigenvalue weighted by atomic mass is 19.2. The highest BCUT2D eigenvalue weighted by Gasteiger charge is 2.18. The molecular weight excluding hydrogens is 355 g/mol. The lowest BCUT2D eigenvalue weighted by molar-refractivity contribution is 0.0983. The van der Waals surface area contributed by atoms with Crippen molar-refractivity contribution in [1.29, 1.82) is 0 Å². The van der Waals surface area contributed by atoms with Crippen molar-refractivity contribution in [1.82, 2.24) is 4.98 Å². The average Bonchev–Trinajstić information content (AvgIpc) is 2.70. The maximum absolute atomic E-state index is 13.7. The van der Waals surface area contributed by atoms with Crippen LogP contribution in [0.4, 0.5) is 30.2 Å². The van der Waals surface area contributed by atoms with Crippen LogP contribution in [-0.2, 0) is 0 Å². The molecule has 0 aliphatic heterocycles. The van der Waals surface area contributed by atoms with E-state index in [-0.39, 0.29) is 17.3 Å². The van der Waals surface area contributed by atoms with Gasteiger partial charge in [0.05, 0.1) is 17.6 Å². The molecule has 1 N–H and O–H groups in total. The van der Waals surface area contributed by atoms with Gasteiger partial charge in [-0.2, -0.15) is 0 Å². The Morgan fingerprint density at radius 2 is 1.74 bits per heavy atom. The van der Waals surface area contributed by atoms with Gasteiger partial charge in [-0.15, -0.1) is 0 Å². The van der Waals surface area contributed by atoms with Crippen LogP contribution in [0, 0.1) is 17.5 Å². The molecule has 3 aromatic rings. The second-order valence-corrected chi connectivity index (χ2v) is 5.66. The van der Waals surface area contributed by atoms with Crippen molar-refractivity contribution >= 4 is 23.0 Å². The second kappa shape index (κ2) is 7.90. The SMILES string of the molecule is CCN(C(=O)c1ccc(Nc2ccc(F)c(F)c2F)cn1)c1ccccc1. The number of carbonyl (C=O) groups is 1. The third-order valence-electron chi connectivity index (χ3n) is 3.93. The average molecular weight is 371 g/mol. The van der Waals surface area contributed by atoms with Crippen LogP contribution in [0.25, 0.3) is 0 Å². The molecule has 0 spiro atoms. The summed E-state index contributed by atoms with van der Waals surface area (Å²) >= 11 is 0. The van der Waals surface area contributed by atoms with Crippen molar-refractivity contribution in [3.8, 4) is 0 Å². The number of nitrogens with one attached hydrogen (secondary N) is 1. The van der Waals surface area contributed by atoms with Gasteiger partial charge < -0.3 is 10.2 Å². The minimum absolute atomic E-state index is 0.206. The molecule has 27 heavy (non-hydrogen) atoms. The summed E-state index contributed by atoms with van der Waals surface area (Å²) in [5, 5.41) is 2.61. The number of halogens is 3. The van der Waals surface area contributed by atoms with Gasteiger partial charge in [-0.3, -0.25) is 4.79 Å². The van der Waals surface area contributed by atoms with Gasteiger partial charge in [-0.05, 0) is 43.3 Å². The van der Waals surface area contributed by atoms with Crippen molar-refractivity contribution in [3.05, 3.63) is 83.9 Å². The van der Waals surface area contributed by atoms with Gasteiger partial charge in [0.25, 0.3) is 5.91 Å². The maximum Gasteiger partial charge on any atom is 0.276 e. The third-order valence-corrected chi connectivity index (χ3v) is 3.93. The number of nitrogens with zero attached hydrogens (tertiary/aromatic N) is 2. The molecule has 0 saturated carbocycles. The first-order valence-electron chi connectivity index (χ1n) is 8.24. The lowest BCUT2D eigenvalue weighted by Gasteiger charge is -2.20. The Morgan fingerprint density at radius 3 is 2.37 bits per heavy atom. The second-order valence-electron chi connectivity index (χ2n) is 5.66. The number of carbonyl (C=O) groups excluding carboxylic acids is 1. The number of pyridine rings is 1. The minimum atomic E-state index is -1.55. The van der Waals surface area contributed by atoms with E-state index >= 15 is 0 Å². The fourth-order valence-corrected chi connectivity index (χ4v) is 2.56. The number of hydrogen-bond donors (Lipinski definition) is 1. The van der Waals surface area contributed by atoms with E-state index < -0.39 is 17.5 Å². The first-order valence-corrected chi connectivity index (χ1v) is 8.24. The zero-order valence-electron chi connectivity index (χ0n) is 14.4. The van der Waals surface area contributed by atoms with Gasteiger partial charge in [0.15, 0.2) is 17.5 Å². The van der Waals surface area contributed by atoms with Crippen LogP contribution in [0.1, 0.15) is 17.4 Å². The molecule has 4 nitrogen and oxygen atoms in total. The van der Waals surface area contributed by atoms with E-state index in [4.69, 9.17) is 0 Å². The van der Waals surface area contributed by atoms with Gasteiger partial charge >= 0.3 is 0 Å². The molecule has 7 heteroatoms. The largest absolute Gasteiger partial charge is 0.352 e. The van der Waals surface area contributed by atoms with Gasteiger partial charge in [0.2, 0.25) is 0 Å². The molecule has 0 aliphatic rings. The number of benzene rings is 2. The van der Waals surface area contributed by atoms with Gasteiger partial charge in [0, 0.05) is 12.2 Å². The fraction of sp³-hybridized carbons (Fsp3) is 0.100. The van der Waals surface area contributed by atoms with Gasteiger partial charge in [-0.1, -0.05) is 18.2 Å². The predicted molar refractivity (Wildman–Crippen MR) is 97.6 cm³/mol. The molecule has 138 valence electrons. The minimum Gasteiger partial charge on any atom is -0.352 e. The number of amides is 1.